The van der Waals surface area contributed by atoms with E-state index in [1.807, 2.05) is 31.4 Å². The molecule has 0 atom stereocenters. The van der Waals surface area contributed by atoms with E-state index >= 15 is 0 Å². The van der Waals surface area contributed by atoms with Gasteiger partial charge in [0.15, 0.2) is 5.82 Å². The molecule has 24 heavy (non-hydrogen) atoms. The van der Waals surface area contributed by atoms with E-state index in [-0.39, 0.29) is 24.2 Å². The average Bonchev–Trinajstić information content (AvgIpc) is 3.16. The lowest BCUT2D eigenvalue weighted by atomic mass is 10.4. The minimum atomic E-state index is -0.370. The normalized spacial score (nSPS) is 11.0. The van der Waals surface area contributed by atoms with Crippen LogP contribution in [0.3, 0.4) is 0 Å². The fourth-order valence-corrected chi connectivity index (χ4v) is 3.00. The molecule has 0 radical (unpaired) electrons. The van der Waals surface area contributed by atoms with Gasteiger partial charge in [0, 0.05) is 12.2 Å². The molecule has 3 heterocycles. The number of rotatable bonds is 5. The smallest absolute Gasteiger partial charge is 0.351 e. The van der Waals surface area contributed by atoms with Crippen LogP contribution in [0.2, 0.25) is 0 Å². The summed E-state index contributed by atoms with van der Waals surface area (Å²) in [5, 5.41) is 9.04. The Balaban J connectivity index is 2.07. The Morgan fingerprint density at radius 2 is 2.17 bits per heavy atom. The Morgan fingerprint density at radius 3 is 2.79 bits per heavy atom. The van der Waals surface area contributed by atoms with Crippen LogP contribution in [0.4, 0.5) is 0 Å². The number of pyridine rings is 1. The fraction of sp³-hybridized carbons (Fsp3) is 0.250. The Morgan fingerprint density at radius 1 is 1.33 bits per heavy atom. The van der Waals surface area contributed by atoms with Gasteiger partial charge >= 0.3 is 5.69 Å². The topological polar surface area (TPSA) is 81.8 Å². The summed E-state index contributed by atoms with van der Waals surface area (Å²) in [5.41, 5.74) is 0.242. The zero-order valence-corrected chi connectivity index (χ0v) is 14.2. The number of nitrogens with zero attached hydrogens (tertiary/aromatic N) is 4. The monoisotopic (exact) mass is 343 g/mol. The maximum Gasteiger partial charge on any atom is 0.351 e. The lowest BCUT2D eigenvalue weighted by Crippen LogP contribution is -2.36. The van der Waals surface area contributed by atoms with Crippen molar-refractivity contribution in [3.05, 3.63) is 52.5 Å². The number of amides is 1. The van der Waals surface area contributed by atoms with Gasteiger partial charge in [-0.3, -0.25) is 9.78 Å². The van der Waals surface area contributed by atoms with E-state index < -0.39 is 0 Å². The summed E-state index contributed by atoms with van der Waals surface area (Å²) in [7, 11) is 0. The SMILES string of the molecule is CC(C)NC(=O)Cn1nc(-c2cccs2)n(-c2cccnc2)c1=O. The van der Waals surface area contributed by atoms with Crippen LogP contribution in [-0.4, -0.2) is 31.3 Å². The highest BCUT2D eigenvalue weighted by Gasteiger charge is 2.19. The van der Waals surface area contributed by atoms with Crippen molar-refractivity contribution in [3.8, 4) is 16.4 Å². The summed E-state index contributed by atoms with van der Waals surface area (Å²) in [6.07, 6.45) is 3.23. The predicted octanol–water partition coefficient (Wildman–Crippen LogP) is 1.68. The first-order chi connectivity index (χ1) is 11.6. The van der Waals surface area contributed by atoms with Crippen molar-refractivity contribution < 1.29 is 4.79 Å². The fourth-order valence-electron chi connectivity index (χ4n) is 2.30. The second kappa shape index (κ2) is 6.79. The molecule has 0 fully saturated rings. The summed E-state index contributed by atoms with van der Waals surface area (Å²) in [6.45, 7) is 3.61. The van der Waals surface area contributed by atoms with E-state index in [1.54, 1.807) is 24.5 Å². The molecule has 1 N–H and O–H groups in total. The Kier molecular flexibility index (Phi) is 4.57. The van der Waals surface area contributed by atoms with Crippen molar-refractivity contribution in [3.63, 3.8) is 0 Å². The molecule has 7 nitrogen and oxygen atoms in total. The summed E-state index contributed by atoms with van der Waals surface area (Å²) in [6, 6.07) is 7.32. The van der Waals surface area contributed by atoms with E-state index in [9.17, 15) is 9.59 Å². The van der Waals surface area contributed by atoms with Gasteiger partial charge in [-0.25, -0.2) is 14.0 Å². The Bertz CT molecular complexity index is 881. The summed E-state index contributed by atoms with van der Waals surface area (Å²) >= 11 is 1.48. The van der Waals surface area contributed by atoms with E-state index in [4.69, 9.17) is 0 Å². The third-order valence-corrected chi connectivity index (χ3v) is 4.09. The molecule has 0 aromatic carbocycles. The lowest BCUT2D eigenvalue weighted by Gasteiger charge is -2.07. The molecule has 0 unspecified atom stereocenters. The molecule has 3 rings (SSSR count). The average molecular weight is 343 g/mol. The quantitative estimate of drug-likeness (QED) is 0.764. The van der Waals surface area contributed by atoms with E-state index in [0.717, 1.165) is 4.88 Å². The van der Waals surface area contributed by atoms with Crippen molar-refractivity contribution in [1.29, 1.82) is 0 Å². The van der Waals surface area contributed by atoms with Crippen LogP contribution >= 0.6 is 11.3 Å². The molecule has 0 bridgehead atoms. The first kappa shape index (κ1) is 16.1. The molecule has 124 valence electrons. The standard InChI is InChI=1S/C16H17N5O2S/c1-11(2)18-14(22)10-20-16(23)21(12-5-3-7-17-9-12)15(19-20)13-6-4-8-24-13/h3-9,11H,10H2,1-2H3,(H,18,22). The second-order valence-corrected chi connectivity index (χ2v) is 6.46. The van der Waals surface area contributed by atoms with Crippen LogP contribution in [0.15, 0.2) is 46.8 Å². The molecule has 3 aromatic heterocycles. The second-order valence-electron chi connectivity index (χ2n) is 5.51. The van der Waals surface area contributed by atoms with E-state index in [0.29, 0.717) is 11.5 Å². The molecule has 0 saturated heterocycles. The summed E-state index contributed by atoms with van der Waals surface area (Å²) < 4.78 is 2.65. The molecular formula is C16H17N5O2S. The zero-order valence-electron chi connectivity index (χ0n) is 13.3. The maximum absolute atomic E-state index is 12.8. The largest absolute Gasteiger partial charge is 0.352 e. The minimum Gasteiger partial charge on any atom is -0.352 e. The molecule has 0 saturated carbocycles. The van der Waals surface area contributed by atoms with Crippen molar-refractivity contribution in [2.45, 2.75) is 26.4 Å². The third-order valence-electron chi connectivity index (χ3n) is 3.23. The van der Waals surface area contributed by atoms with Crippen LogP contribution in [0.1, 0.15) is 13.8 Å². The summed E-state index contributed by atoms with van der Waals surface area (Å²) in [4.78, 5) is 29.7. The molecule has 0 aliphatic carbocycles. The van der Waals surface area contributed by atoms with Gasteiger partial charge in [0.25, 0.3) is 0 Å². The van der Waals surface area contributed by atoms with Gasteiger partial charge < -0.3 is 5.32 Å². The van der Waals surface area contributed by atoms with Gasteiger partial charge in [-0.1, -0.05) is 6.07 Å². The predicted molar refractivity (Wildman–Crippen MR) is 92.2 cm³/mol. The van der Waals surface area contributed by atoms with Crippen LogP contribution in [0.5, 0.6) is 0 Å². The molecule has 1 amide bonds. The number of aromatic nitrogens is 4. The van der Waals surface area contributed by atoms with Crippen molar-refractivity contribution in [2.24, 2.45) is 0 Å². The van der Waals surface area contributed by atoms with Crippen molar-refractivity contribution >= 4 is 17.2 Å². The van der Waals surface area contributed by atoms with Crippen molar-refractivity contribution in [1.82, 2.24) is 24.6 Å². The minimum absolute atomic E-state index is 0.00498. The van der Waals surface area contributed by atoms with E-state index in [2.05, 4.69) is 15.4 Å². The van der Waals surface area contributed by atoms with Gasteiger partial charge in [0.2, 0.25) is 5.91 Å². The van der Waals surface area contributed by atoms with Crippen LogP contribution < -0.4 is 11.0 Å². The van der Waals surface area contributed by atoms with Crippen LogP contribution in [0, 0.1) is 0 Å². The number of hydrogen-bond acceptors (Lipinski definition) is 5. The maximum atomic E-state index is 12.8. The van der Waals surface area contributed by atoms with Gasteiger partial charge in [0.05, 0.1) is 16.8 Å². The first-order valence-corrected chi connectivity index (χ1v) is 8.37. The highest BCUT2D eigenvalue weighted by molar-refractivity contribution is 7.13. The number of thiophene rings is 1. The number of carbonyl (C=O) groups is 1. The molecule has 8 heteroatoms. The molecular weight excluding hydrogens is 326 g/mol. The third kappa shape index (κ3) is 3.28. The lowest BCUT2D eigenvalue weighted by molar-refractivity contribution is -0.122. The zero-order chi connectivity index (χ0) is 17.1. The Hall–Kier alpha value is -2.74. The Labute approximate surface area is 142 Å². The van der Waals surface area contributed by atoms with Crippen LogP contribution in [0.25, 0.3) is 16.4 Å². The van der Waals surface area contributed by atoms with Gasteiger partial charge in [0.1, 0.15) is 6.54 Å². The van der Waals surface area contributed by atoms with Gasteiger partial charge in [-0.2, -0.15) is 0 Å². The van der Waals surface area contributed by atoms with Crippen molar-refractivity contribution in [2.75, 3.05) is 0 Å². The summed E-state index contributed by atoms with van der Waals surface area (Å²) in [5.74, 6) is 0.251. The number of hydrogen-bond donors (Lipinski definition) is 1. The van der Waals surface area contributed by atoms with Gasteiger partial charge in [-0.05, 0) is 37.4 Å². The number of nitrogens with one attached hydrogen (secondary N) is 1. The van der Waals surface area contributed by atoms with Gasteiger partial charge in [-0.15, -0.1) is 16.4 Å². The van der Waals surface area contributed by atoms with Crippen LogP contribution in [-0.2, 0) is 11.3 Å². The molecule has 3 aromatic rings. The molecule has 0 aliphatic heterocycles. The highest BCUT2D eigenvalue weighted by Crippen LogP contribution is 2.23. The first-order valence-electron chi connectivity index (χ1n) is 7.50. The molecule has 0 spiro atoms. The molecule has 0 aliphatic rings. The number of carbonyl (C=O) groups excluding carboxylic acids is 1. The van der Waals surface area contributed by atoms with E-state index in [1.165, 1.54) is 20.6 Å². The highest BCUT2D eigenvalue weighted by atomic mass is 32.1.